The molecule has 4 saturated carbocycles. The van der Waals surface area contributed by atoms with Crippen LogP contribution in [0.4, 0.5) is 0 Å². The van der Waals surface area contributed by atoms with Gasteiger partial charge in [-0.15, -0.1) is 0 Å². The van der Waals surface area contributed by atoms with E-state index in [0.717, 1.165) is 95.7 Å². The van der Waals surface area contributed by atoms with Gasteiger partial charge in [-0.2, -0.15) is 0 Å². The van der Waals surface area contributed by atoms with Crippen LogP contribution in [0.15, 0.2) is 30.3 Å². The highest BCUT2D eigenvalue weighted by Crippen LogP contribution is 2.60. The first-order valence-electron chi connectivity index (χ1n) is 14.2. The van der Waals surface area contributed by atoms with Gasteiger partial charge in [-0.3, -0.25) is 19.4 Å². The molecule has 1 N–H and O–H groups in total. The summed E-state index contributed by atoms with van der Waals surface area (Å²) >= 11 is 0. The molecule has 6 aliphatic rings. The molecule has 1 unspecified atom stereocenters. The Morgan fingerprint density at radius 2 is 1.49 bits per heavy atom. The van der Waals surface area contributed by atoms with Crippen molar-refractivity contribution in [3.63, 3.8) is 0 Å². The van der Waals surface area contributed by atoms with Gasteiger partial charge < -0.3 is 10.2 Å². The number of likely N-dealkylation sites (tertiary alicyclic amines) is 1. The van der Waals surface area contributed by atoms with Gasteiger partial charge in [-0.1, -0.05) is 30.3 Å². The van der Waals surface area contributed by atoms with E-state index < -0.39 is 0 Å². The third-order valence-electron chi connectivity index (χ3n) is 9.75. The molecule has 0 spiro atoms. The Labute approximate surface area is 210 Å². The number of hydrogen-bond donors (Lipinski definition) is 1. The maximum Gasteiger partial charge on any atom is 0.242 e. The number of amides is 2. The van der Waals surface area contributed by atoms with Gasteiger partial charge in [0.05, 0.1) is 5.41 Å². The summed E-state index contributed by atoms with van der Waals surface area (Å²) in [5.74, 6) is 2.67. The minimum Gasteiger partial charge on any atom is -0.353 e. The molecular formula is C29H42N4O2. The van der Waals surface area contributed by atoms with Crippen molar-refractivity contribution < 1.29 is 9.59 Å². The SMILES string of the molecule is O=C(NCCN1CCN(Cc2ccccc2)CC1)C1CCCN1C(=O)C12CC3CC(CC(C3)C1)C2. The molecule has 2 saturated heterocycles. The van der Waals surface area contributed by atoms with Crippen molar-refractivity contribution in [2.24, 2.45) is 23.2 Å². The highest BCUT2D eigenvalue weighted by Gasteiger charge is 2.56. The monoisotopic (exact) mass is 478 g/mol. The lowest BCUT2D eigenvalue weighted by Crippen LogP contribution is -2.57. The maximum absolute atomic E-state index is 13.8. The number of carbonyl (C=O) groups is 2. The third-order valence-corrected chi connectivity index (χ3v) is 9.75. The molecule has 1 aromatic rings. The Bertz CT molecular complexity index is 875. The van der Waals surface area contributed by atoms with Gasteiger partial charge in [-0.25, -0.2) is 0 Å². The summed E-state index contributed by atoms with van der Waals surface area (Å²) in [5, 5.41) is 3.19. The molecule has 6 fully saturated rings. The van der Waals surface area contributed by atoms with Gasteiger partial charge in [0.1, 0.15) is 6.04 Å². The molecule has 190 valence electrons. The summed E-state index contributed by atoms with van der Waals surface area (Å²) in [6.45, 7) is 7.57. The van der Waals surface area contributed by atoms with Crippen molar-refractivity contribution in [2.45, 2.75) is 64.0 Å². The van der Waals surface area contributed by atoms with Crippen molar-refractivity contribution in [1.82, 2.24) is 20.0 Å². The van der Waals surface area contributed by atoms with Crippen LogP contribution in [0.25, 0.3) is 0 Å². The topological polar surface area (TPSA) is 55.9 Å². The Hall–Kier alpha value is -1.92. The van der Waals surface area contributed by atoms with Crippen LogP contribution in [0.2, 0.25) is 0 Å². The molecule has 1 atom stereocenters. The zero-order valence-electron chi connectivity index (χ0n) is 21.2. The van der Waals surface area contributed by atoms with Crippen molar-refractivity contribution >= 4 is 11.8 Å². The van der Waals surface area contributed by atoms with E-state index in [2.05, 4.69) is 45.4 Å². The van der Waals surface area contributed by atoms with Gasteiger partial charge in [0.25, 0.3) is 0 Å². The van der Waals surface area contributed by atoms with E-state index in [1.807, 2.05) is 4.90 Å². The van der Waals surface area contributed by atoms with E-state index >= 15 is 0 Å². The molecule has 4 bridgehead atoms. The first-order chi connectivity index (χ1) is 17.1. The Morgan fingerprint density at radius 3 is 2.14 bits per heavy atom. The lowest BCUT2D eigenvalue weighted by molar-refractivity contribution is -0.160. The average Bonchev–Trinajstić information content (AvgIpc) is 3.34. The average molecular weight is 479 g/mol. The summed E-state index contributed by atoms with van der Waals surface area (Å²) in [6, 6.07) is 10.4. The van der Waals surface area contributed by atoms with Gasteiger partial charge in [-0.05, 0) is 74.7 Å². The predicted molar refractivity (Wildman–Crippen MR) is 137 cm³/mol. The lowest BCUT2D eigenvalue weighted by Gasteiger charge is -2.56. The van der Waals surface area contributed by atoms with Crippen LogP contribution in [0.1, 0.15) is 56.9 Å². The van der Waals surface area contributed by atoms with Crippen molar-refractivity contribution in [2.75, 3.05) is 45.8 Å². The smallest absolute Gasteiger partial charge is 0.242 e. The van der Waals surface area contributed by atoms with Crippen molar-refractivity contribution in [3.8, 4) is 0 Å². The first kappa shape index (κ1) is 23.5. The largest absolute Gasteiger partial charge is 0.353 e. The molecule has 2 amide bonds. The summed E-state index contributed by atoms with van der Waals surface area (Å²) in [7, 11) is 0. The van der Waals surface area contributed by atoms with Crippen LogP contribution in [0.5, 0.6) is 0 Å². The van der Waals surface area contributed by atoms with E-state index in [-0.39, 0.29) is 17.4 Å². The number of benzene rings is 1. The fourth-order valence-electron chi connectivity index (χ4n) is 8.43. The molecule has 4 aliphatic carbocycles. The third kappa shape index (κ3) is 4.89. The maximum atomic E-state index is 13.8. The van der Waals surface area contributed by atoms with Gasteiger partial charge >= 0.3 is 0 Å². The summed E-state index contributed by atoms with van der Waals surface area (Å²) in [5.41, 5.74) is 1.23. The fraction of sp³-hybridized carbons (Fsp3) is 0.724. The molecule has 7 rings (SSSR count). The quantitative estimate of drug-likeness (QED) is 0.654. The Kier molecular flexibility index (Phi) is 6.61. The van der Waals surface area contributed by atoms with Crippen molar-refractivity contribution in [1.29, 1.82) is 0 Å². The highest BCUT2D eigenvalue weighted by atomic mass is 16.2. The fourth-order valence-corrected chi connectivity index (χ4v) is 8.43. The number of rotatable bonds is 7. The predicted octanol–water partition coefficient (Wildman–Crippen LogP) is 3.13. The van der Waals surface area contributed by atoms with Crippen LogP contribution in [-0.4, -0.2) is 78.4 Å². The van der Waals surface area contributed by atoms with Crippen LogP contribution in [0.3, 0.4) is 0 Å². The zero-order chi connectivity index (χ0) is 23.8. The minimum atomic E-state index is -0.252. The number of nitrogens with zero attached hydrogens (tertiary/aromatic N) is 3. The molecule has 2 aliphatic heterocycles. The van der Waals surface area contributed by atoms with E-state index in [1.165, 1.54) is 24.8 Å². The Morgan fingerprint density at radius 1 is 0.857 bits per heavy atom. The second kappa shape index (κ2) is 9.85. The zero-order valence-corrected chi connectivity index (χ0v) is 21.2. The lowest BCUT2D eigenvalue weighted by atomic mass is 9.49. The van der Waals surface area contributed by atoms with E-state index in [9.17, 15) is 9.59 Å². The first-order valence-corrected chi connectivity index (χ1v) is 14.2. The number of piperazine rings is 1. The summed E-state index contributed by atoms with van der Waals surface area (Å²) in [4.78, 5) is 33.9. The minimum absolute atomic E-state index is 0.0725. The molecule has 1 aromatic carbocycles. The molecule has 6 heteroatoms. The van der Waals surface area contributed by atoms with Gasteiger partial charge in [0.2, 0.25) is 11.8 Å². The summed E-state index contributed by atoms with van der Waals surface area (Å²) < 4.78 is 0. The Balaban J connectivity index is 0.965. The molecule has 35 heavy (non-hydrogen) atoms. The molecule has 6 nitrogen and oxygen atoms in total. The van der Waals surface area contributed by atoms with E-state index in [4.69, 9.17) is 0 Å². The number of nitrogens with one attached hydrogen (secondary N) is 1. The van der Waals surface area contributed by atoms with Gasteiger partial charge in [0, 0.05) is 52.4 Å². The second-order valence-corrected chi connectivity index (χ2v) is 12.2. The number of carbonyl (C=O) groups excluding carboxylic acids is 2. The van der Waals surface area contributed by atoms with E-state index in [0.29, 0.717) is 12.5 Å². The van der Waals surface area contributed by atoms with Crippen LogP contribution in [0, 0.1) is 23.2 Å². The molecular weight excluding hydrogens is 436 g/mol. The normalized spacial score (nSPS) is 34.9. The highest BCUT2D eigenvalue weighted by molar-refractivity contribution is 5.91. The van der Waals surface area contributed by atoms with Crippen LogP contribution in [-0.2, 0) is 16.1 Å². The second-order valence-electron chi connectivity index (χ2n) is 12.2. The molecule has 2 heterocycles. The summed E-state index contributed by atoms with van der Waals surface area (Å²) in [6.07, 6.45) is 9.06. The van der Waals surface area contributed by atoms with Gasteiger partial charge in [0.15, 0.2) is 0 Å². The molecule has 0 aromatic heterocycles. The van der Waals surface area contributed by atoms with Crippen LogP contribution < -0.4 is 5.32 Å². The number of hydrogen-bond acceptors (Lipinski definition) is 4. The van der Waals surface area contributed by atoms with Crippen LogP contribution >= 0.6 is 0 Å². The van der Waals surface area contributed by atoms with Crippen molar-refractivity contribution in [3.05, 3.63) is 35.9 Å². The standard InChI is InChI=1S/C29H42N4O2/c34-27(30-8-10-31-11-13-32(14-12-31)21-22-5-2-1-3-6-22)26-7-4-9-33(26)28(35)29-18-23-15-24(19-29)17-25(16-23)20-29/h1-3,5-6,23-26H,4,7-21H2,(H,30,34). The molecule has 0 radical (unpaired) electrons. The van der Waals surface area contributed by atoms with E-state index in [1.54, 1.807) is 0 Å².